The van der Waals surface area contributed by atoms with E-state index < -0.39 is 0 Å². The molecule has 0 aliphatic rings. The molecule has 5 heteroatoms. The van der Waals surface area contributed by atoms with Crippen LogP contribution >= 0.6 is 11.3 Å². The van der Waals surface area contributed by atoms with Crippen molar-refractivity contribution in [2.24, 2.45) is 5.10 Å². The molecule has 1 N–H and O–H groups in total. The van der Waals surface area contributed by atoms with Crippen molar-refractivity contribution >= 4 is 23.5 Å². The van der Waals surface area contributed by atoms with E-state index >= 15 is 0 Å². The summed E-state index contributed by atoms with van der Waals surface area (Å²) in [5.74, 6) is -0.206. The molecular weight excluding hydrogens is 222 g/mol. The maximum absolute atomic E-state index is 11.5. The van der Waals surface area contributed by atoms with E-state index in [2.05, 4.69) is 15.5 Å². The van der Waals surface area contributed by atoms with Crippen molar-refractivity contribution < 1.29 is 4.79 Å². The molecule has 0 atom stereocenters. The van der Waals surface area contributed by atoms with E-state index in [0.717, 1.165) is 0 Å². The first-order valence-electron chi connectivity index (χ1n) is 4.64. The van der Waals surface area contributed by atoms with E-state index in [1.165, 1.54) is 17.6 Å². The molecule has 2 rings (SSSR count). The summed E-state index contributed by atoms with van der Waals surface area (Å²) < 4.78 is 0. The fourth-order valence-corrected chi connectivity index (χ4v) is 1.69. The second kappa shape index (κ2) is 5.18. The molecule has 0 bridgehead atoms. The molecule has 16 heavy (non-hydrogen) atoms. The number of nitrogens with one attached hydrogen (secondary N) is 1. The lowest BCUT2D eigenvalue weighted by Crippen LogP contribution is -2.16. The molecule has 0 aliphatic carbocycles. The van der Waals surface area contributed by atoms with Gasteiger partial charge < -0.3 is 0 Å². The molecule has 0 radical (unpaired) electrons. The average Bonchev–Trinajstić information content (AvgIpc) is 2.84. The summed E-state index contributed by atoms with van der Waals surface area (Å²) in [5, 5.41) is 5.66. The van der Waals surface area contributed by atoms with E-state index in [0.29, 0.717) is 10.6 Å². The molecule has 0 aliphatic heterocycles. The maximum Gasteiger partial charge on any atom is 0.281 e. The molecule has 0 spiro atoms. The second-order valence-electron chi connectivity index (χ2n) is 2.93. The molecule has 0 unspecified atom stereocenters. The fourth-order valence-electron chi connectivity index (χ4n) is 1.07. The van der Waals surface area contributed by atoms with Gasteiger partial charge in [0.1, 0.15) is 0 Å². The molecule has 2 aromatic heterocycles. The van der Waals surface area contributed by atoms with Crippen molar-refractivity contribution in [3.8, 4) is 0 Å². The lowest BCUT2D eigenvalue weighted by atomic mass is 10.4. The van der Waals surface area contributed by atoms with Crippen molar-refractivity contribution in [1.82, 2.24) is 10.4 Å². The summed E-state index contributed by atoms with van der Waals surface area (Å²) in [5.41, 5.74) is 3.14. The number of carbonyl (C=O) groups excluding carboxylic acids is 1. The van der Waals surface area contributed by atoms with Gasteiger partial charge in [-0.25, -0.2) is 5.43 Å². The molecule has 1 amide bonds. The number of thiophene rings is 1. The average molecular weight is 231 g/mol. The van der Waals surface area contributed by atoms with Crippen molar-refractivity contribution in [2.75, 3.05) is 0 Å². The largest absolute Gasteiger partial charge is 0.281 e. The topological polar surface area (TPSA) is 54.4 Å². The van der Waals surface area contributed by atoms with Crippen LogP contribution in [0.15, 0.2) is 47.0 Å². The van der Waals surface area contributed by atoms with Crippen LogP contribution in [0.1, 0.15) is 15.4 Å². The van der Waals surface area contributed by atoms with Crippen molar-refractivity contribution in [1.29, 1.82) is 0 Å². The Labute approximate surface area is 96.7 Å². The van der Waals surface area contributed by atoms with Gasteiger partial charge in [-0.2, -0.15) is 5.10 Å². The third-order valence-corrected chi connectivity index (χ3v) is 2.66. The van der Waals surface area contributed by atoms with Crippen LogP contribution in [0.2, 0.25) is 0 Å². The molecule has 0 saturated heterocycles. The predicted molar refractivity (Wildman–Crippen MR) is 63.6 cm³/mol. The van der Waals surface area contributed by atoms with E-state index in [1.54, 1.807) is 18.3 Å². The quantitative estimate of drug-likeness (QED) is 0.648. The number of hydrogen-bond acceptors (Lipinski definition) is 4. The Morgan fingerprint density at radius 1 is 1.38 bits per heavy atom. The van der Waals surface area contributed by atoms with Gasteiger partial charge in [0, 0.05) is 6.20 Å². The van der Waals surface area contributed by atoms with Gasteiger partial charge in [0.05, 0.1) is 16.8 Å². The van der Waals surface area contributed by atoms with Gasteiger partial charge in [-0.15, -0.1) is 11.3 Å². The zero-order chi connectivity index (χ0) is 11.2. The standard InChI is InChI=1S/C11H9N3OS/c15-11(10-5-3-7-16-10)14-13-8-9-4-1-2-6-12-9/h1-8H,(H,14,15)/b13-8+. The van der Waals surface area contributed by atoms with Crippen molar-refractivity contribution in [3.63, 3.8) is 0 Å². The number of nitrogens with zero attached hydrogens (tertiary/aromatic N) is 2. The first kappa shape index (κ1) is 10.5. The normalized spacial score (nSPS) is 10.5. The zero-order valence-electron chi connectivity index (χ0n) is 8.33. The van der Waals surface area contributed by atoms with Gasteiger partial charge in [-0.05, 0) is 23.6 Å². The first-order valence-corrected chi connectivity index (χ1v) is 5.52. The summed E-state index contributed by atoms with van der Waals surface area (Å²) in [6.07, 6.45) is 3.17. The number of pyridine rings is 1. The minimum atomic E-state index is -0.206. The van der Waals surface area contributed by atoms with Crippen LogP contribution in [0.3, 0.4) is 0 Å². The number of hydrazone groups is 1. The summed E-state index contributed by atoms with van der Waals surface area (Å²) in [6, 6.07) is 9.05. The van der Waals surface area contributed by atoms with Crippen LogP contribution in [0.25, 0.3) is 0 Å². The van der Waals surface area contributed by atoms with Crippen LogP contribution in [0, 0.1) is 0 Å². The smallest absolute Gasteiger partial charge is 0.266 e. The molecule has 0 saturated carbocycles. The van der Waals surface area contributed by atoms with E-state index in [4.69, 9.17) is 0 Å². The fraction of sp³-hybridized carbons (Fsp3) is 0. The Morgan fingerprint density at radius 2 is 2.31 bits per heavy atom. The molecule has 2 aromatic rings. The molecule has 4 nitrogen and oxygen atoms in total. The lowest BCUT2D eigenvalue weighted by Gasteiger charge is -1.94. The van der Waals surface area contributed by atoms with Gasteiger partial charge >= 0.3 is 0 Å². The van der Waals surface area contributed by atoms with E-state index in [-0.39, 0.29) is 5.91 Å². The summed E-state index contributed by atoms with van der Waals surface area (Å²) in [6.45, 7) is 0. The highest BCUT2D eigenvalue weighted by Gasteiger charge is 2.03. The monoisotopic (exact) mass is 231 g/mol. The molecule has 0 aromatic carbocycles. The Kier molecular flexibility index (Phi) is 3.40. The number of rotatable bonds is 3. The third-order valence-electron chi connectivity index (χ3n) is 1.80. The lowest BCUT2D eigenvalue weighted by molar-refractivity contribution is 0.0959. The number of aromatic nitrogens is 1. The number of hydrogen-bond donors (Lipinski definition) is 1. The van der Waals surface area contributed by atoms with Crippen molar-refractivity contribution in [2.45, 2.75) is 0 Å². The highest BCUT2D eigenvalue weighted by atomic mass is 32.1. The number of amides is 1. The van der Waals surface area contributed by atoms with Crippen LogP contribution in [-0.2, 0) is 0 Å². The van der Waals surface area contributed by atoms with Crippen molar-refractivity contribution in [3.05, 3.63) is 52.5 Å². The second-order valence-corrected chi connectivity index (χ2v) is 3.88. The highest BCUT2D eigenvalue weighted by Crippen LogP contribution is 2.07. The van der Waals surface area contributed by atoms with Gasteiger partial charge in [-0.1, -0.05) is 12.1 Å². The minimum Gasteiger partial charge on any atom is -0.266 e. The zero-order valence-corrected chi connectivity index (χ0v) is 9.15. The Bertz CT molecular complexity index is 479. The van der Waals surface area contributed by atoms with Gasteiger partial charge in [-0.3, -0.25) is 9.78 Å². The highest BCUT2D eigenvalue weighted by molar-refractivity contribution is 7.12. The summed E-state index contributed by atoms with van der Waals surface area (Å²) in [4.78, 5) is 16.1. The Morgan fingerprint density at radius 3 is 3.00 bits per heavy atom. The maximum atomic E-state index is 11.5. The number of carbonyl (C=O) groups is 1. The third kappa shape index (κ3) is 2.74. The summed E-state index contributed by atoms with van der Waals surface area (Å²) in [7, 11) is 0. The molecule has 80 valence electrons. The van der Waals surface area contributed by atoms with Gasteiger partial charge in [0.15, 0.2) is 0 Å². The van der Waals surface area contributed by atoms with E-state index in [1.807, 2.05) is 23.6 Å². The Hall–Kier alpha value is -2.01. The Balaban J connectivity index is 1.93. The predicted octanol–water partition coefficient (Wildman–Crippen LogP) is 1.91. The summed E-state index contributed by atoms with van der Waals surface area (Å²) >= 11 is 1.38. The van der Waals surface area contributed by atoms with E-state index in [9.17, 15) is 4.79 Å². The molecular formula is C11H9N3OS. The van der Waals surface area contributed by atoms with Crippen LogP contribution < -0.4 is 5.43 Å². The molecule has 0 fully saturated rings. The van der Waals surface area contributed by atoms with Crippen LogP contribution in [0.4, 0.5) is 0 Å². The van der Waals surface area contributed by atoms with Gasteiger partial charge in [0.2, 0.25) is 0 Å². The SMILES string of the molecule is O=C(N/N=C/c1ccccn1)c1cccs1. The minimum absolute atomic E-state index is 0.206. The first-order chi connectivity index (χ1) is 7.86. The molecule has 2 heterocycles. The van der Waals surface area contributed by atoms with Crippen LogP contribution in [-0.4, -0.2) is 17.1 Å². The van der Waals surface area contributed by atoms with Crippen LogP contribution in [0.5, 0.6) is 0 Å². The van der Waals surface area contributed by atoms with Gasteiger partial charge in [0.25, 0.3) is 5.91 Å².